The van der Waals surface area contributed by atoms with E-state index in [0.717, 1.165) is 13.0 Å². The Morgan fingerprint density at radius 3 is 2.74 bits per heavy atom. The van der Waals surface area contributed by atoms with Gasteiger partial charge < -0.3 is 10.2 Å². The van der Waals surface area contributed by atoms with Crippen LogP contribution in [0.3, 0.4) is 0 Å². The van der Waals surface area contributed by atoms with E-state index in [-0.39, 0.29) is 17.7 Å². The summed E-state index contributed by atoms with van der Waals surface area (Å²) < 4.78 is 0. The third-order valence-electron chi connectivity index (χ3n) is 4.06. The number of nitrogens with zero attached hydrogens (tertiary/aromatic N) is 1. The van der Waals surface area contributed by atoms with Gasteiger partial charge in [0.1, 0.15) is 0 Å². The average Bonchev–Trinajstić information content (AvgIpc) is 2.47. The maximum Gasteiger partial charge on any atom is 0.227 e. The van der Waals surface area contributed by atoms with Crippen LogP contribution in [0.25, 0.3) is 0 Å². The SMILES string of the molecule is O=C1CC[C@H](C(=O)N2CCc3ccccc3C2)CN1. The van der Waals surface area contributed by atoms with Gasteiger partial charge in [0.2, 0.25) is 11.8 Å². The van der Waals surface area contributed by atoms with Crippen LogP contribution in [0.5, 0.6) is 0 Å². The van der Waals surface area contributed by atoms with Crippen LogP contribution in [0.2, 0.25) is 0 Å². The fourth-order valence-corrected chi connectivity index (χ4v) is 2.89. The summed E-state index contributed by atoms with van der Waals surface area (Å²) in [6.07, 6.45) is 2.09. The second kappa shape index (κ2) is 5.03. The molecule has 19 heavy (non-hydrogen) atoms. The van der Waals surface area contributed by atoms with E-state index >= 15 is 0 Å². The van der Waals surface area contributed by atoms with Gasteiger partial charge in [-0.1, -0.05) is 24.3 Å². The molecule has 0 radical (unpaired) electrons. The summed E-state index contributed by atoms with van der Waals surface area (Å²) in [6, 6.07) is 8.30. The molecule has 1 atom stereocenters. The standard InChI is InChI=1S/C15H18N2O2/c18-14-6-5-12(9-16-14)15(19)17-8-7-11-3-1-2-4-13(11)10-17/h1-4,12H,5-10H2,(H,16,18)/t12-/m0/s1. The highest BCUT2D eigenvalue weighted by atomic mass is 16.2. The molecule has 0 unspecified atom stereocenters. The van der Waals surface area contributed by atoms with Crippen molar-refractivity contribution in [3.63, 3.8) is 0 Å². The molecule has 100 valence electrons. The number of nitrogens with one attached hydrogen (secondary N) is 1. The minimum atomic E-state index is -0.0389. The molecule has 0 spiro atoms. The third-order valence-corrected chi connectivity index (χ3v) is 4.06. The van der Waals surface area contributed by atoms with Crippen LogP contribution in [-0.4, -0.2) is 29.8 Å². The van der Waals surface area contributed by atoms with Gasteiger partial charge in [0.05, 0.1) is 5.92 Å². The first kappa shape index (κ1) is 12.2. The molecule has 2 amide bonds. The number of piperidine rings is 1. The van der Waals surface area contributed by atoms with Gasteiger partial charge in [-0.15, -0.1) is 0 Å². The number of fused-ring (bicyclic) bond motifs is 1. The van der Waals surface area contributed by atoms with E-state index in [1.807, 2.05) is 17.0 Å². The number of benzene rings is 1. The van der Waals surface area contributed by atoms with E-state index in [9.17, 15) is 9.59 Å². The van der Waals surface area contributed by atoms with Gasteiger partial charge in [0, 0.05) is 26.1 Å². The monoisotopic (exact) mass is 258 g/mol. The maximum atomic E-state index is 12.4. The molecule has 2 aliphatic rings. The van der Waals surface area contributed by atoms with Crippen molar-refractivity contribution >= 4 is 11.8 Å². The van der Waals surface area contributed by atoms with Crippen molar-refractivity contribution < 1.29 is 9.59 Å². The van der Waals surface area contributed by atoms with Crippen molar-refractivity contribution in [1.29, 1.82) is 0 Å². The Balaban J connectivity index is 1.67. The summed E-state index contributed by atoms with van der Waals surface area (Å²) in [5.41, 5.74) is 2.60. The summed E-state index contributed by atoms with van der Waals surface area (Å²) >= 11 is 0. The number of hydrogen-bond acceptors (Lipinski definition) is 2. The smallest absolute Gasteiger partial charge is 0.227 e. The van der Waals surface area contributed by atoms with Gasteiger partial charge in [0.15, 0.2) is 0 Å². The Labute approximate surface area is 112 Å². The minimum Gasteiger partial charge on any atom is -0.355 e. The molecule has 0 saturated carbocycles. The molecule has 0 aromatic heterocycles. The highest BCUT2D eigenvalue weighted by molar-refractivity contribution is 5.84. The van der Waals surface area contributed by atoms with Gasteiger partial charge in [-0.3, -0.25) is 9.59 Å². The number of rotatable bonds is 1. The van der Waals surface area contributed by atoms with E-state index in [1.165, 1.54) is 11.1 Å². The maximum absolute atomic E-state index is 12.4. The number of hydrogen-bond donors (Lipinski definition) is 1. The Morgan fingerprint density at radius 2 is 2.00 bits per heavy atom. The Hall–Kier alpha value is -1.84. The molecule has 1 aromatic carbocycles. The molecule has 1 N–H and O–H groups in total. The molecule has 1 saturated heterocycles. The molecule has 3 rings (SSSR count). The van der Waals surface area contributed by atoms with Crippen LogP contribution in [-0.2, 0) is 22.6 Å². The molecule has 2 aliphatic heterocycles. The lowest BCUT2D eigenvalue weighted by Crippen LogP contribution is -2.46. The molecule has 4 nitrogen and oxygen atoms in total. The highest BCUT2D eigenvalue weighted by Crippen LogP contribution is 2.22. The largest absolute Gasteiger partial charge is 0.355 e. The second-order valence-electron chi connectivity index (χ2n) is 5.32. The molecule has 1 fully saturated rings. The van der Waals surface area contributed by atoms with Crippen molar-refractivity contribution in [3.8, 4) is 0 Å². The third kappa shape index (κ3) is 2.48. The van der Waals surface area contributed by atoms with Crippen LogP contribution >= 0.6 is 0 Å². The number of amides is 2. The molecule has 0 aliphatic carbocycles. The lowest BCUT2D eigenvalue weighted by molar-refractivity contribution is -0.138. The Kier molecular flexibility index (Phi) is 3.23. The van der Waals surface area contributed by atoms with Crippen LogP contribution in [0.4, 0.5) is 0 Å². The Morgan fingerprint density at radius 1 is 1.21 bits per heavy atom. The average molecular weight is 258 g/mol. The molecular weight excluding hydrogens is 240 g/mol. The first-order chi connectivity index (χ1) is 9.24. The van der Waals surface area contributed by atoms with Gasteiger partial charge >= 0.3 is 0 Å². The van der Waals surface area contributed by atoms with Crippen molar-refractivity contribution in [2.45, 2.75) is 25.8 Å². The summed E-state index contributed by atoms with van der Waals surface area (Å²) in [5, 5.41) is 2.78. The molecular formula is C15H18N2O2. The number of carbonyl (C=O) groups excluding carboxylic acids is 2. The summed E-state index contributed by atoms with van der Waals surface area (Å²) in [4.78, 5) is 25.5. The van der Waals surface area contributed by atoms with E-state index in [4.69, 9.17) is 0 Å². The van der Waals surface area contributed by atoms with Crippen molar-refractivity contribution in [2.75, 3.05) is 13.1 Å². The molecule has 1 aromatic rings. The van der Waals surface area contributed by atoms with Crippen molar-refractivity contribution in [2.24, 2.45) is 5.92 Å². The summed E-state index contributed by atoms with van der Waals surface area (Å²) in [7, 11) is 0. The normalized spacial score (nSPS) is 22.6. The summed E-state index contributed by atoms with van der Waals surface area (Å²) in [5.74, 6) is 0.213. The quantitative estimate of drug-likeness (QED) is 0.820. The van der Waals surface area contributed by atoms with Gasteiger partial charge in [0.25, 0.3) is 0 Å². The first-order valence-electron chi connectivity index (χ1n) is 6.86. The minimum absolute atomic E-state index is 0.0389. The predicted octanol–water partition coefficient (Wildman–Crippen LogP) is 1.10. The van der Waals surface area contributed by atoms with Crippen molar-refractivity contribution in [1.82, 2.24) is 10.2 Å². The number of carbonyl (C=O) groups is 2. The van der Waals surface area contributed by atoms with Gasteiger partial charge in [-0.25, -0.2) is 0 Å². The first-order valence-corrected chi connectivity index (χ1v) is 6.86. The van der Waals surface area contributed by atoms with Crippen molar-refractivity contribution in [3.05, 3.63) is 35.4 Å². The van der Waals surface area contributed by atoms with E-state index in [0.29, 0.717) is 25.9 Å². The van der Waals surface area contributed by atoms with Crippen LogP contribution in [0, 0.1) is 5.92 Å². The van der Waals surface area contributed by atoms with Gasteiger partial charge in [-0.05, 0) is 24.0 Å². The Bertz CT molecular complexity index is 503. The second-order valence-corrected chi connectivity index (χ2v) is 5.32. The van der Waals surface area contributed by atoms with E-state index in [2.05, 4.69) is 17.4 Å². The fraction of sp³-hybridized carbons (Fsp3) is 0.467. The molecule has 2 heterocycles. The summed E-state index contributed by atoms with van der Waals surface area (Å²) in [6.45, 7) is 2.00. The van der Waals surface area contributed by atoms with Crippen LogP contribution in [0.1, 0.15) is 24.0 Å². The zero-order valence-corrected chi connectivity index (χ0v) is 10.9. The highest BCUT2D eigenvalue weighted by Gasteiger charge is 2.29. The topological polar surface area (TPSA) is 49.4 Å². The predicted molar refractivity (Wildman–Crippen MR) is 71.3 cm³/mol. The molecule has 0 bridgehead atoms. The van der Waals surface area contributed by atoms with Gasteiger partial charge in [-0.2, -0.15) is 0 Å². The lowest BCUT2D eigenvalue weighted by Gasteiger charge is -2.33. The van der Waals surface area contributed by atoms with Crippen LogP contribution in [0.15, 0.2) is 24.3 Å². The zero-order valence-electron chi connectivity index (χ0n) is 10.9. The van der Waals surface area contributed by atoms with E-state index < -0.39 is 0 Å². The molecule has 4 heteroatoms. The fourth-order valence-electron chi connectivity index (χ4n) is 2.89. The van der Waals surface area contributed by atoms with Crippen LogP contribution < -0.4 is 5.32 Å². The van der Waals surface area contributed by atoms with E-state index in [1.54, 1.807) is 0 Å². The lowest BCUT2D eigenvalue weighted by atomic mass is 9.94. The zero-order chi connectivity index (χ0) is 13.2.